The third-order valence-electron chi connectivity index (χ3n) is 3.22. The molecule has 0 saturated carbocycles. The molecule has 0 atom stereocenters. The summed E-state index contributed by atoms with van der Waals surface area (Å²) in [5.41, 5.74) is 1.46. The average molecular weight is 325 g/mol. The SMILES string of the molecule is CNC(=O)Cn1cc(NC(=O)c2cn(-c3ccccc3)nn2)cn1. The van der Waals surface area contributed by atoms with E-state index in [-0.39, 0.29) is 18.1 Å². The lowest BCUT2D eigenvalue weighted by atomic mass is 10.3. The van der Waals surface area contributed by atoms with Gasteiger partial charge in [0.2, 0.25) is 5.91 Å². The molecule has 2 N–H and O–H groups in total. The molecule has 2 amide bonds. The maximum absolute atomic E-state index is 12.2. The van der Waals surface area contributed by atoms with Crippen LogP contribution in [-0.4, -0.2) is 43.6 Å². The van der Waals surface area contributed by atoms with E-state index in [1.807, 2.05) is 30.3 Å². The minimum Gasteiger partial charge on any atom is -0.358 e. The average Bonchev–Trinajstić information content (AvgIpc) is 3.25. The summed E-state index contributed by atoms with van der Waals surface area (Å²) in [7, 11) is 1.55. The second kappa shape index (κ2) is 6.73. The van der Waals surface area contributed by atoms with Crippen LogP contribution < -0.4 is 10.6 Å². The lowest BCUT2D eigenvalue weighted by Crippen LogP contribution is -2.23. The number of carbonyl (C=O) groups excluding carboxylic acids is 2. The van der Waals surface area contributed by atoms with Crippen molar-refractivity contribution in [3.63, 3.8) is 0 Å². The van der Waals surface area contributed by atoms with E-state index < -0.39 is 5.91 Å². The molecular weight excluding hydrogens is 310 g/mol. The third kappa shape index (κ3) is 3.46. The standard InChI is InChI=1S/C15H15N7O2/c1-16-14(23)10-21-8-11(7-17-21)18-15(24)13-9-22(20-19-13)12-5-3-2-4-6-12/h2-9H,10H2,1H3,(H,16,23)(H,18,24). The molecule has 0 aliphatic heterocycles. The van der Waals surface area contributed by atoms with Crippen LogP contribution in [0.4, 0.5) is 5.69 Å². The van der Waals surface area contributed by atoms with Gasteiger partial charge >= 0.3 is 0 Å². The number of aromatic nitrogens is 5. The molecule has 0 fully saturated rings. The Labute approximate surface area is 137 Å². The Hall–Kier alpha value is -3.49. The molecule has 0 saturated heterocycles. The normalized spacial score (nSPS) is 10.4. The summed E-state index contributed by atoms with van der Waals surface area (Å²) in [5, 5.41) is 17.0. The second-order valence-electron chi connectivity index (χ2n) is 4.94. The highest BCUT2D eigenvalue weighted by atomic mass is 16.2. The van der Waals surface area contributed by atoms with Crippen molar-refractivity contribution in [1.29, 1.82) is 0 Å². The minimum absolute atomic E-state index is 0.0799. The molecule has 0 unspecified atom stereocenters. The van der Waals surface area contributed by atoms with Crippen molar-refractivity contribution in [1.82, 2.24) is 30.1 Å². The van der Waals surface area contributed by atoms with Gasteiger partial charge in [-0.1, -0.05) is 23.4 Å². The van der Waals surface area contributed by atoms with Gasteiger partial charge in [0.15, 0.2) is 5.69 Å². The molecule has 2 aromatic heterocycles. The fourth-order valence-corrected chi connectivity index (χ4v) is 2.01. The van der Waals surface area contributed by atoms with E-state index >= 15 is 0 Å². The molecule has 2 heterocycles. The molecule has 9 nitrogen and oxygen atoms in total. The summed E-state index contributed by atoms with van der Waals surface area (Å²) in [4.78, 5) is 23.5. The molecule has 3 rings (SSSR count). The van der Waals surface area contributed by atoms with Crippen molar-refractivity contribution >= 4 is 17.5 Å². The highest BCUT2D eigenvalue weighted by molar-refractivity contribution is 6.02. The van der Waals surface area contributed by atoms with Crippen molar-refractivity contribution in [2.24, 2.45) is 0 Å². The number of anilines is 1. The van der Waals surface area contributed by atoms with Crippen molar-refractivity contribution in [3.8, 4) is 5.69 Å². The summed E-state index contributed by atoms with van der Waals surface area (Å²) in [6, 6.07) is 9.36. The molecule has 0 radical (unpaired) electrons. The van der Waals surface area contributed by atoms with Crippen LogP contribution in [0.5, 0.6) is 0 Å². The molecule has 0 aliphatic carbocycles. The predicted octanol–water partition coefficient (Wildman–Crippen LogP) is 0.462. The molecular formula is C15H15N7O2. The number of nitrogens with one attached hydrogen (secondary N) is 2. The molecule has 122 valence electrons. The van der Waals surface area contributed by atoms with Crippen LogP contribution in [0.25, 0.3) is 5.69 Å². The topological polar surface area (TPSA) is 107 Å². The summed E-state index contributed by atoms with van der Waals surface area (Å²) >= 11 is 0. The summed E-state index contributed by atoms with van der Waals surface area (Å²) in [5.74, 6) is -0.585. The van der Waals surface area contributed by atoms with Gasteiger partial charge in [-0.05, 0) is 12.1 Å². The van der Waals surface area contributed by atoms with Crippen LogP contribution in [0.2, 0.25) is 0 Å². The highest BCUT2D eigenvalue weighted by Crippen LogP contribution is 2.09. The molecule has 24 heavy (non-hydrogen) atoms. The fourth-order valence-electron chi connectivity index (χ4n) is 2.01. The summed E-state index contributed by atoms with van der Waals surface area (Å²) in [6.45, 7) is 0.0799. The number of rotatable bonds is 5. The van der Waals surface area contributed by atoms with Crippen LogP contribution in [-0.2, 0) is 11.3 Å². The Morgan fingerprint density at radius 1 is 1.17 bits per heavy atom. The van der Waals surface area contributed by atoms with Crippen LogP contribution in [0.3, 0.4) is 0 Å². The Balaban J connectivity index is 1.67. The van der Waals surface area contributed by atoms with Gasteiger partial charge in [-0.2, -0.15) is 5.10 Å². The number of hydrogen-bond donors (Lipinski definition) is 2. The quantitative estimate of drug-likeness (QED) is 0.709. The number of carbonyl (C=O) groups is 2. The summed E-state index contributed by atoms with van der Waals surface area (Å²) < 4.78 is 2.94. The Bertz CT molecular complexity index is 854. The Morgan fingerprint density at radius 3 is 2.71 bits per heavy atom. The van der Waals surface area contributed by atoms with Gasteiger partial charge in [-0.3, -0.25) is 14.3 Å². The largest absolute Gasteiger partial charge is 0.358 e. The molecule has 0 aliphatic rings. The van der Waals surface area contributed by atoms with Gasteiger partial charge < -0.3 is 10.6 Å². The van der Waals surface area contributed by atoms with E-state index in [0.717, 1.165) is 5.69 Å². The van der Waals surface area contributed by atoms with Gasteiger partial charge in [0, 0.05) is 13.2 Å². The van der Waals surface area contributed by atoms with Crippen molar-refractivity contribution in [2.45, 2.75) is 6.54 Å². The van der Waals surface area contributed by atoms with Crippen molar-refractivity contribution in [2.75, 3.05) is 12.4 Å². The van der Waals surface area contributed by atoms with E-state index in [9.17, 15) is 9.59 Å². The van der Waals surface area contributed by atoms with Crippen LogP contribution >= 0.6 is 0 Å². The van der Waals surface area contributed by atoms with Crippen LogP contribution in [0.15, 0.2) is 48.9 Å². The smallest absolute Gasteiger partial charge is 0.277 e. The first-order chi connectivity index (χ1) is 11.7. The van der Waals surface area contributed by atoms with Crippen LogP contribution in [0, 0.1) is 0 Å². The lowest BCUT2D eigenvalue weighted by molar-refractivity contribution is -0.121. The van der Waals surface area contributed by atoms with E-state index in [0.29, 0.717) is 5.69 Å². The molecule has 0 bridgehead atoms. The zero-order valence-electron chi connectivity index (χ0n) is 12.9. The van der Waals surface area contributed by atoms with E-state index in [1.54, 1.807) is 19.4 Å². The molecule has 0 spiro atoms. The van der Waals surface area contributed by atoms with Crippen molar-refractivity contribution in [3.05, 3.63) is 54.6 Å². The first kappa shape index (κ1) is 15.4. The highest BCUT2D eigenvalue weighted by Gasteiger charge is 2.13. The monoisotopic (exact) mass is 325 g/mol. The van der Waals surface area contributed by atoms with E-state index in [2.05, 4.69) is 26.0 Å². The summed E-state index contributed by atoms with van der Waals surface area (Å²) in [6.07, 6.45) is 4.57. The van der Waals surface area contributed by atoms with Crippen molar-refractivity contribution < 1.29 is 9.59 Å². The first-order valence-corrected chi connectivity index (χ1v) is 7.18. The van der Waals surface area contributed by atoms with Gasteiger partial charge in [-0.25, -0.2) is 4.68 Å². The molecule has 9 heteroatoms. The van der Waals surface area contributed by atoms with Gasteiger partial charge in [0.05, 0.1) is 23.8 Å². The van der Waals surface area contributed by atoms with Gasteiger partial charge in [0.1, 0.15) is 6.54 Å². The number of likely N-dealkylation sites (N-methyl/N-ethyl adjacent to an activating group) is 1. The number of hydrogen-bond acceptors (Lipinski definition) is 5. The maximum Gasteiger partial charge on any atom is 0.277 e. The third-order valence-corrected chi connectivity index (χ3v) is 3.22. The maximum atomic E-state index is 12.2. The number of nitrogens with zero attached hydrogens (tertiary/aromatic N) is 5. The van der Waals surface area contributed by atoms with Gasteiger partial charge in [-0.15, -0.1) is 5.10 Å². The lowest BCUT2D eigenvalue weighted by Gasteiger charge is -2.00. The van der Waals surface area contributed by atoms with E-state index in [1.165, 1.54) is 15.6 Å². The van der Waals surface area contributed by atoms with E-state index in [4.69, 9.17) is 0 Å². The minimum atomic E-state index is -0.406. The Morgan fingerprint density at radius 2 is 1.96 bits per heavy atom. The molecule has 3 aromatic rings. The number of benzene rings is 1. The first-order valence-electron chi connectivity index (χ1n) is 7.18. The zero-order chi connectivity index (χ0) is 16.9. The predicted molar refractivity (Wildman–Crippen MR) is 85.6 cm³/mol. The second-order valence-corrected chi connectivity index (χ2v) is 4.94. The zero-order valence-corrected chi connectivity index (χ0v) is 12.9. The number of para-hydroxylation sites is 1. The fraction of sp³-hybridized carbons (Fsp3) is 0.133. The molecule has 1 aromatic carbocycles. The number of amides is 2. The van der Waals surface area contributed by atoms with Gasteiger partial charge in [0.25, 0.3) is 5.91 Å². The Kier molecular flexibility index (Phi) is 4.32. The van der Waals surface area contributed by atoms with Crippen LogP contribution in [0.1, 0.15) is 10.5 Å².